The van der Waals surface area contributed by atoms with Crippen LogP contribution < -0.4 is 0 Å². The first kappa shape index (κ1) is 11.9. The van der Waals surface area contributed by atoms with Gasteiger partial charge in [-0.05, 0) is 37.0 Å². The van der Waals surface area contributed by atoms with Crippen LogP contribution in [0.4, 0.5) is 0 Å². The van der Waals surface area contributed by atoms with Crippen LogP contribution in [0.3, 0.4) is 0 Å². The molecule has 0 N–H and O–H groups in total. The summed E-state index contributed by atoms with van der Waals surface area (Å²) in [6, 6.07) is 8.55. The van der Waals surface area contributed by atoms with Gasteiger partial charge in [0.1, 0.15) is 0 Å². The maximum absolute atomic E-state index is 4.42. The molecule has 0 aliphatic rings. The van der Waals surface area contributed by atoms with Gasteiger partial charge in [-0.25, -0.2) is 0 Å². The molecule has 0 radical (unpaired) electrons. The lowest BCUT2D eigenvalue weighted by Crippen LogP contribution is -2.08. The third kappa shape index (κ3) is 2.41. The highest BCUT2D eigenvalue weighted by Crippen LogP contribution is 2.25. The van der Waals surface area contributed by atoms with Crippen LogP contribution >= 0.6 is 0 Å². The van der Waals surface area contributed by atoms with E-state index in [4.69, 9.17) is 0 Å². The Bertz CT molecular complexity index is 509. The quantitative estimate of drug-likeness (QED) is 0.780. The Morgan fingerprint density at radius 1 is 1.18 bits per heavy atom. The van der Waals surface area contributed by atoms with Gasteiger partial charge in [0, 0.05) is 18.3 Å². The summed E-state index contributed by atoms with van der Waals surface area (Å²) in [5.41, 5.74) is 5.20. The number of rotatable bonds is 3. The van der Waals surface area contributed by atoms with Crippen LogP contribution in [0.1, 0.15) is 25.0 Å². The minimum Gasteiger partial charge on any atom is -0.265 e. The van der Waals surface area contributed by atoms with E-state index in [1.54, 1.807) is 0 Å². The van der Waals surface area contributed by atoms with Gasteiger partial charge < -0.3 is 0 Å². The Labute approximate surface area is 103 Å². The molecule has 0 aliphatic carbocycles. The van der Waals surface area contributed by atoms with Crippen molar-refractivity contribution in [1.29, 1.82) is 0 Å². The van der Waals surface area contributed by atoms with E-state index in [2.05, 4.69) is 61.7 Å². The molecule has 0 fully saturated rings. The van der Waals surface area contributed by atoms with Crippen molar-refractivity contribution in [2.75, 3.05) is 0 Å². The van der Waals surface area contributed by atoms with Crippen molar-refractivity contribution < 1.29 is 0 Å². The average molecular weight is 228 g/mol. The molecule has 1 aromatic carbocycles. The van der Waals surface area contributed by atoms with Crippen molar-refractivity contribution in [3.63, 3.8) is 0 Å². The van der Waals surface area contributed by atoms with E-state index in [9.17, 15) is 0 Å². The Balaban J connectivity index is 2.46. The summed E-state index contributed by atoms with van der Waals surface area (Å²) in [5, 5.41) is 4.42. The third-order valence-corrected chi connectivity index (χ3v) is 3.14. The van der Waals surface area contributed by atoms with Gasteiger partial charge in [0.2, 0.25) is 0 Å². The van der Waals surface area contributed by atoms with Gasteiger partial charge in [-0.15, -0.1) is 0 Å². The first-order valence-electron chi connectivity index (χ1n) is 6.18. The minimum atomic E-state index is 0.610. The third-order valence-electron chi connectivity index (χ3n) is 3.14. The van der Waals surface area contributed by atoms with Crippen LogP contribution in [0, 0.1) is 19.8 Å². The predicted molar refractivity (Wildman–Crippen MR) is 72.0 cm³/mol. The monoisotopic (exact) mass is 228 g/mol. The zero-order valence-electron chi connectivity index (χ0n) is 11.1. The summed E-state index contributed by atoms with van der Waals surface area (Å²) in [6.45, 7) is 9.73. The SMILES string of the molecule is Cc1cccc(-c2ccnn2CC(C)C)c1C. The zero-order chi connectivity index (χ0) is 12.4. The molecule has 2 heteroatoms. The summed E-state index contributed by atoms with van der Waals surface area (Å²) in [4.78, 5) is 0. The lowest BCUT2D eigenvalue weighted by atomic mass is 10.0. The molecule has 1 aromatic heterocycles. The molecule has 1 heterocycles. The second-order valence-corrected chi connectivity index (χ2v) is 5.04. The molecular formula is C15H20N2. The molecule has 17 heavy (non-hydrogen) atoms. The number of aryl methyl sites for hydroxylation is 1. The molecular weight excluding hydrogens is 208 g/mol. The highest BCUT2D eigenvalue weighted by atomic mass is 15.3. The van der Waals surface area contributed by atoms with E-state index in [1.165, 1.54) is 22.4 Å². The Hall–Kier alpha value is -1.57. The lowest BCUT2D eigenvalue weighted by molar-refractivity contribution is 0.487. The summed E-state index contributed by atoms with van der Waals surface area (Å²) < 4.78 is 2.10. The van der Waals surface area contributed by atoms with Gasteiger partial charge in [0.25, 0.3) is 0 Å². The van der Waals surface area contributed by atoms with Crippen molar-refractivity contribution in [2.45, 2.75) is 34.2 Å². The van der Waals surface area contributed by atoms with Gasteiger partial charge >= 0.3 is 0 Å². The van der Waals surface area contributed by atoms with E-state index in [0.29, 0.717) is 5.92 Å². The van der Waals surface area contributed by atoms with E-state index in [0.717, 1.165) is 6.54 Å². The molecule has 2 rings (SSSR count). The van der Waals surface area contributed by atoms with Crippen LogP contribution in [-0.2, 0) is 6.54 Å². The largest absolute Gasteiger partial charge is 0.265 e. The fourth-order valence-corrected chi connectivity index (χ4v) is 2.08. The molecule has 90 valence electrons. The first-order valence-corrected chi connectivity index (χ1v) is 6.18. The molecule has 0 amide bonds. The maximum Gasteiger partial charge on any atom is 0.0685 e. The maximum atomic E-state index is 4.42. The normalized spacial score (nSPS) is 11.1. The van der Waals surface area contributed by atoms with E-state index in [1.807, 2.05) is 6.20 Å². The van der Waals surface area contributed by atoms with Crippen LogP contribution in [-0.4, -0.2) is 9.78 Å². The number of hydrogen-bond acceptors (Lipinski definition) is 1. The van der Waals surface area contributed by atoms with Crippen molar-refractivity contribution in [2.24, 2.45) is 5.92 Å². The van der Waals surface area contributed by atoms with E-state index in [-0.39, 0.29) is 0 Å². The van der Waals surface area contributed by atoms with Crippen LogP contribution in [0.15, 0.2) is 30.5 Å². The topological polar surface area (TPSA) is 17.8 Å². The summed E-state index contributed by atoms with van der Waals surface area (Å²) in [5.74, 6) is 0.610. The van der Waals surface area contributed by atoms with Crippen LogP contribution in [0.25, 0.3) is 11.3 Å². The molecule has 2 aromatic rings. The first-order chi connectivity index (χ1) is 8.09. The predicted octanol–water partition coefficient (Wildman–Crippen LogP) is 3.82. The highest BCUT2D eigenvalue weighted by Gasteiger charge is 2.09. The van der Waals surface area contributed by atoms with Crippen molar-refractivity contribution in [3.05, 3.63) is 41.6 Å². The molecule has 0 aliphatic heterocycles. The van der Waals surface area contributed by atoms with Gasteiger partial charge in [0.15, 0.2) is 0 Å². The second kappa shape index (κ2) is 4.74. The summed E-state index contributed by atoms with van der Waals surface area (Å²) >= 11 is 0. The van der Waals surface area contributed by atoms with Crippen LogP contribution in [0.5, 0.6) is 0 Å². The second-order valence-electron chi connectivity index (χ2n) is 5.04. The molecule has 0 saturated carbocycles. The molecule has 0 spiro atoms. The molecule has 2 nitrogen and oxygen atoms in total. The van der Waals surface area contributed by atoms with Crippen molar-refractivity contribution in [3.8, 4) is 11.3 Å². The van der Waals surface area contributed by atoms with Gasteiger partial charge in [-0.1, -0.05) is 32.0 Å². The Morgan fingerprint density at radius 2 is 1.94 bits per heavy atom. The zero-order valence-corrected chi connectivity index (χ0v) is 11.1. The van der Waals surface area contributed by atoms with Crippen molar-refractivity contribution >= 4 is 0 Å². The Morgan fingerprint density at radius 3 is 2.65 bits per heavy atom. The minimum absolute atomic E-state index is 0.610. The van der Waals surface area contributed by atoms with E-state index >= 15 is 0 Å². The fourth-order valence-electron chi connectivity index (χ4n) is 2.08. The van der Waals surface area contributed by atoms with Crippen LogP contribution in [0.2, 0.25) is 0 Å². The standard InChI is InChI=1S/C15H20N2/c1-11(2)10-17-15(8-9-16-17)14-7-5-6-12(3)13(14)4/h5-9,11H,10H2,1-4H3. The average Bonchev–Trinajstić information content (AvgIpc) is 2.69. The summed E-state index contributed by atoms with van der Waals surface area (Å²) in [7, 11) is 0. The molecule has 0 unspecified atom stereocenters. The number of nitrogens with zero attached hydrogens (tertiary/aromatic N) is 2. The smallest absolute Gasteiger partial charge is 0.0685 e. The van der Waals surface area contributed by atoms with Gasteiger partial charge in [-0.3, -0.25) is 4.68 Å². The van der Waals surface area contributed by atoms with Gasteiger partial charge in [-0.2, -0.15) is 5.10 Å². The fraction of sp³-hybridized carbons (Fsp3) is 0.400. The lowest BCUT2D eigenvalue weighted by Gasteiger charge is -2.13. The number of aromatic nitrogens is 2. The highest BCUT2D eigenvalue weighted by molar-refractivity contribution is 5.65. The number of benzene rings is 1. The van der Waals surface area contributed by atoms with Crippen molar-refractivity contribution in [1.82, 2.24) is 9.78 Å². The van der Waals surface area contributed by atoms with Gasteiger partial charge in [0.05, 0.1) is 5.69 Å². The molecule has 0 saturated heterocycles. The van der Waals surface area contributed by atoms with E-state index < -0.39 is 0 Å². The summed E-state index contributed by atoms with van der Waals surface area (Å²) in [6.07, 6.45) is 1.89. The molecule has 0 bridgehead atoms. The number of hydrogen-bond donors (Lipinski definition) is 0. The Kier molecular flexibility index (Phi) is 3.32. The molecule has 0 atom stereocenters.